The quantitative estimate of drug-likeness (QED) is 0.805. The molecule has 0 bridgehead atoms. The monoisotopic (exact) mass is 232 g/mol. The first-order valence-electron chi connectivity index (χ1n) is 4.53. The summed E-state index contributed by atoms with van der Waals surface area (Å²) in [7, 11) is 1.54. The highest BCUT2D eigenvalue weighted by molar-refractivity contribution is 7.13. The Bertz CT molecular complexity index is 514. The molecular formula is C10H8N4OS. The third kappa shape index (κ3) is 2.15. The van der Waals surface area contributed by atoms with Crippen LogP contribution in [0, 0.1) is 11.3 Å². The van der Waals surface area contributed by atoms with Crippen molar-refractivity contribution in [2.75, 3.05) is 7.11 Å². The summed E-state index contributed by atoms with van der Waals surface area (Å²) in [5, 5.41) is 19.0. The minimum atomic E-state index is 0.320. The molecule has 5 nitrogen and oxygen atoms in total. The zero-order chi connectivity index (χ0) is 11.4. The molecule has 0 radical (unpaired) electrons. The Balaban J connectivity index is 2.25. The fourth-order valence-corrected chi connectivity index (χ4v) is 1.91. The van der Waals surface area contributed by atoms with Crippen molar-refractivity contribution in [1.82, 2.24) is 15.2 Å². The average Bonchev–Trinajstić information content (AvgIpc) is 2.78. The number of hydrogen-bond donors (Lipinski definition) is 0. The average molecular weight is 232 g/mol. The molecule has 0 aliphatic rings. The minimum absolute atomic E-state index is 0.320. The summed E-state index contributed by atoms with van der Waals surface area (Å²) in [6.07, 6.45) is 0.320. The summed E-state index contributed by atoms with van der Waals surface area (Å²) in [5.74, 6) is 0.470. The molecular weight excluding hydrogens is 224 g/mol. The Morgan fingerprint density at radius 2 is 2.31 bits per heavy atom. The predicted octanol–water partition coefficient (Wildman–Crippen LogP) is 1.67. The molecule has 6 heteroatoms. The van der Waals surface area contributed by atoms with E-state index in [1.807, 2.05) is 5.38 Å². The van der Waals surface area contributed by atoms with Crippen molar-refractivity contribution in [3.63, 3.8) is 0 Å². The zero-order valence-corrected chi connectivity index (χ0v) is 9.36. The largest absolute Gasteiger partial charge is 0.480 e. The number of aromatic nitrogens is 3. The Morgan fingerprint density at radius 3 is 2.94 bits per heavy atom. The molecule has 0 saturated carbocycles. The van der Waals surface area contributed by atoms with Crippen LogP contribution in [0.4, 0.5) is 0 Å². The highest BCUT2D eigenvalue weighted by Gasteiger charge is 2.06. The van der Waals surface area contributed by atoms with Crippen LogP contribution in [-0.2, 0) is 6.42 Å². The molecule has 0 fully saturated rings. The molecule has 2 aromatic heterocycles. The van der Waals surface area contributed by atoms with Crippen molar-refractivity contribution in [3.8, 4) is 22.7 Å². The van der Waals surface area contributed by atoms with E-state index in [2.05, 4.69) is 21.3 Å². The number of thiazole rings is 1. The molecule has 2 aromatic rings. The van der Waals surface area contributed by atoms with E-state index < -0.39 is 0 Å². The minimum Gasteiger partial charge on any atom is -0.480 e. The van der Waals surface area contributed by atoms with Crippen molar-refractivity contribution in [1.29, 1.82) is 5.26 Å². The normalized spacial score (nSPS) is 9.75. The lowest BCUT2D eigenvalue weighted by Crippen LogP contribution is -1.92. The fraction of sp³-hybridized carbons (Fsp3) is 0.200. The lowest BCUT2D eigenvalue weighted by molar-refractivity contribution is 0.392. The second-order valence-electron chi connectivity index (χ2n) is 2.94. The van der Waals surface area contributed by atoms with Gasteiger partial charge in [-0.3, -0.25) is 0 Å². The summed E-state index contributed by atoms with van der Waals surface area (Å²) < 4.78 is 4.92. The SMILES string of the molecule is COc1ccc(-c2nc(CC#N)cs2)nn1. The maximum atomic E-state index is 8.54. The lowest BCUT2D eigenvalue weighted by Gasteiger charge is -1.97. The smallest absolute Gasteiger partial charge is 0.233 e. The van der Waals surface area contributed by atoms with Gasteiger partial charge in [0.1, 0.15) is 10.7 Å². The molecule has 0 aromatic carbocycles. The first kappa shape index (κ1) is 10.5. The summed E-state index contributed by atoms with van der Waals surface area (Å²) in [5.41, 5.74) is 1.45. The van der Waals surface area contributed by atoms with Crippen LogP contribution in [0.1, 0.15) is 5.69 Å². The van der Waals surface area contributed by atoms with E-state index in [-0.39, 0.29) is 0 Å². The van der Waals surface area contributed by atoms with Crippen LogP contribution < -0.4 is 4.74 Å². The summed E-state index contributed by atoms with van der Waals surface area (Å²) in [6.45, 7) is 0. The third-order valence-electron chi connectivity index (χ3n) is 1.88. The number of nitrogens with zero attached hydrogens (tertiary/aromatic N) is 4. The van der Waals surface area contributed by atoms with Crippen molar-refractivity contribution >= 4 is 11.3 Å². The van der Waals surface area contributed by atoms with E-state index in [0.29, 0.717) is 18.0 Å². The van der Waals surface area contributed by atoms with Crippen LogP contribution in [0.5, 0.6) is 5.88 Å². The van der Waals surface area contributed by atoms with Gasteiger partial charge in [-0.1, -0.05) is 0 Å². The second-order valence-corrected chi connectivity index (χ2v) is 3.80. The van der Waals surface area contributed by atoms with Crippen LogP contribution in [-0.4, -0.2) is 22.3 Å². The lowest BCUT2D eigenvalue weighted by atomic mass is 10.3. The first-order valence-corrected chi connectivity index (χ1v) is 5.41. The van der Waals surface area contributed by atoms with Gasteiger partial charge in [0, 0.05) is 11.4 Å². The Morgan fingerprint density at radius 1 is 1.44 bits per heavy atom. The van der Waals surface area contributed by atoms with Gasteiger partial charge in [0.25, 0.3) is 0 Å². The van der Waals surface area contributed by atoms with Gasteiger partial charge < -0.3 is 4.74 Å². The first-order chi connectivity index (χ1) is 7.83. The number of methoxy groups -OCH3 is 1. The Hall–Kier alpha value is -2.00. The maximum Gasteiger partial charge on any atom is 0.233 e. The highest BCUT2D eigenvalue weighted by Crippen LogP contribution is 2.22. The van der Waals surface area contributed by atoms with Gasteiger partial charge in [-0.2, -0.15) is 5.26 Å². The number of rotatable bonds is 3. The van der Waals surface area contributed by atoms with Gasteiger partial charge >= 0.3 is 0 Å². The molecule has 0 saturated heterocycles. The van der Waals surface area contributed by atoms with Gasteiger partial charge in [0.15, 0.2) is 0 Å². The molecule has 0 unspecified atom stereocenters. The van der Waals surface area contributed by atoms with Gasteiger partial charge in [0.05, 0.1) is 25.3 Å². The van der Waals surface area contributed by atoms with Crippen molar-refractivity contribution in [2.24, 2.45) is 0 Å². The van der Waals surface area contributed by atoms with Crippen LogP contribution in [0.2, 0.25) is 0 Å². The molecule has 80 valence electrons. The molecule has 0 aliphatic heterocycles. The summed E-state index contributed by atoms with van der Waals surface area (Å²) in [4.78, 5) is 4.28. The van der Waals surface area contributed by atoms with E-state index in [4.69, 9.17) is 10.00 Å². The van der Waals surface area contributed by atoms with Crippen LogP contribution in [0.15, 0.2) is 17.5 Å². The van der Waals surface area contributed by atoms with Gasteiger partial charge in [-0.25, -0.2) is 4.98 Å². The van der Waals surface area contributed by atoms with Crippen molar-refractivity contribution in [3.05, 3.63) is 23.2 Å². The Kier molecular flexibility index (Phi) is 3.08. The fourth-order valence-electron chi connectivity index (χ4n) is 1.13. The molecule has 0 spiro atoms. The van der Waals surface area contributed by atoms with Gasteiger partial charge in [-0.05, 0) is 6.07 Å². The molecule has 0 atom stereocenters. The van der Waals surface area contributed by atoms with E-state index in [1.165, 1.54) is 18.4 Å². The highest BCUT2D eigenvalue weighted by atomic mass is 32.1. The molecule has 0 aliphatic carbocycles. The standard InChI is InChI=1S/C10H8N4OS/c1-15-9-3-2-8(13-14-9)10-12-7(4-5-11)6-16-10/h2-3,6H,4H2,1H3. The summed E-state index contributed by atoms with van der Waals surface area (Å²) >= 11 is 1.45. The molecule has 16 heavy (non-hydrogen) atoms. The molecule has 0 N–H and O–H groups in total. The number of ether oxygens (including phenoxy) is 1. The second kappa shape index (κ2) is 4.68. The van der Waals surface area contributed by atoms with Gasteiger partial charge in [-0.15, -0.1) is 21.5 Å². The van der Waals surface area contributed by atoms with Crippen LogP contribution in [0.3, 0.4) is 0 Å². The van der Waals surface area contributed by atoms with E-state index >= 15 is 0 Å². The van der Waals surface area contributed by atoms with Crippen LogP contribution >= 0.6 is 11.3 Å². The molecule has 0 amide bonds. The van der Waals surface area contributed by atoms with Gasteiger partial charge in [0.2, 0.25) is 5.88 Å². The number of nitriles is 1. The topological polar surface area (TPSA) is 71.7 Å². The summed E-state index contributed by atoms with van der Waals surface area (Å²) in [6, 6.07) is 5.58. The molecule has 2 heterocycles. The van der Waals surface area contributed by atoms with Crippen molar-refractivity contribution in [2.45, 2.75) is 6.42 Å². The number of hydrogen-bond acceptors (Lipinski definition) is 6. The zero-order valence-electron chi connectivity index (χ0n) is 8.54. The maximum absolute atomic E-state index is 8.54. The van der Waals surface area contributed by atoms with Crippen LogP contribution in [0.25, 0.3) is 10.7 Å². The van der Waals surface area contributed by atoms with E-state index in [1.54, 1.807) is 12.1 Å². The van der Waals surface area contributed by atoms with Crippen molar-refractivity contribution < 1.29 is 4.74 Å². The Labute approximate surface area is 96.4 Å². The predicted molar refractivity (Wildman–Crippen MR) is 59.0 cm³/mol. The van der Waals surface area contributed by atoms with E-state index in [0.717, 1.165) is 10.7 Å². The third-order valence-corrected chi connectivity index (χ3v) is 2.79. The van der Waals surface area contributed by atoms with E-state index in [9.17, 15) is 0 Å². The molecule has 2 rings (SSSR count).